The van der Waals surface area contributed by atoms with Gasteiger partial charge in [-0.25, -0.2) is 0 Å². The number of hydrogen-bond acceptors (Lipinski definition) is 4. The number of hydrogen-bond donors (Lipinski definition) is 2. The highest BCUT2D eigenvalue weighted by Crippen LogP contribution is 2.37. The Morgan fingerprint density at radius 1 is 1.14 bits per heavy atom. The molecule has 2 aromatic heterocycles. The van der Waals surface area contributed by atoms with E-state index in [4.69, 9.17) is 33.5 Å². The first-order chi connectivity index (χ1) is 10.1. The molecule has 0 fully saturated rings. The second-order valence-corrected chi connectivity index (χ2v) is 5.14. The molecule has 0 aliphatic rings. The van der Waals surface area contributed by atoms with Gasteiger partial charge in [0.25, 0.3) is 0 Å². The number of halogens is 2. The van der Waals surface area contributed by atoms with Crippen molar-refractivity contribution in [3.05, 3.63) is 56.8 Å². The van der Waals surface area contributed by atoms with Crippen molar-refractivity contribution in [1.82, 2.24) is 10.1 Å². The van der Waals surface area contributed by atoms with Gasteiger partial charge in [-0.1, -0.05) is 40.5 Å². The lowest BCUT2D eigenvalue weighted by Crippen LogP contribution is -2.04. The molecule has 0 unspecified atom stereocenters. The summed E-state index contributed by atoms with van der Waals surface area (Å²) in [6.45, 7) is 0. The summed E-state index contributed by atoms with van der Waals surface area (Å²) in [5, 5.41) is 4.74. The van der Waals surface area contributed by atoms with Crippen LogP contribution in [-0.4, -0.2) is 10.1 Å². The molecular weight excluding hydrogens is 313 g/mol. The van der Waals surface area contributed by atoms with Crippen molar-refractivity contribution in [3.8, 4) is 22.5 Å². The van der Waals surface area contributed by atoms with Gasteiger partial charge in [0, 0.05) is 6.07 Å². The lowest BCUT2D eigenvalue weighted by atomic mass is 10.0. The number of aromatic nitrogens is 2. The highest BCUT2D eigenvalue weighted by atomic mass is 35.5. The molecule has 1 aromatic carbocycles. The minimum absolute atomic E-state index is 0.132. The first-order valence-electron chi connectivity index (χ1n) is 5.96. The third kappa shape index (κ3) is 2.53. The van der Waals surface area contributed by atoms with E-state index in [2.05, 4.69) is 10.1 Å². The lowest BCUT2D eigenvalue weighted by molar-refractivity contribution is 0.439. The predicted octanol–water partition coefficient (Wildman–Crippen LogP) is 3.59. The number of nitrogens with one attached hydrogen (secondary N) is 1. The molecule has 2 heterocycles. The molecule has 0 aliphatic carbocycles. The summed E-state index contributed by atoms with van der Waals surface area (Å²) in [6.07, 6.45) is 0. The Morgan fingerprint density at radius 3 is 2.67 bits per heavy atom. The Balaban J connectivity index is 2.21. The van der Waals surface area contributed by atoms with Gasteiger partial charge >= 0.3 is 0 Å². The maximum atomic E-state index is 11.4. The molecule has 0 aliphatic heterocycles. The van der Waals surface area contributed by atoms with Gasteiger partial charge in [-0.2, -0.15) is 0 Å². The quantitative estimate of drug-likeness (QED) is 0.755. The summed E-state index contributed by atoms with van der Waals surface area (Å²) in [5.41, 5.74) is 7.78. The van der Waals surface area contributed by atoms with Crippen LogP contribution >= 0.6 is 23.2 Å². The maximum absolute atomic E-state index is 11.4. The van der Waals surface area contributed by atoms with Crippen LogP contribution in [0.2, 0.25) is 10.0 Å². The Bertz CT molecular complexity index is 871. The van der Waals surface area contributed by atoms with Crippen LogP contribution in [0.4, 0.5) is 5.88 Å². The fourth-order valence-corrected chi connectivity index (χ4v) is 2.30. The molecule has 0 amide bonds. The van der Waals surface area contributed by atoms with Crippen LogP contribution in [0, 0.1) is 0 Å². The summed E-state index contributed by atoms with van der Waals surface area (Å²) < 4.78 is 5.04. The van der Waals surface area contributed by atoms with Crippen molar-refractivity contribution >= 4 is 29.1 Å². The van der Waals surface area contributed by atoms with Crippen LogP contribution in [-0.2, 0) is 0 Å². The minimum Gasteiger partial charge on any atom is -0.367 e. The lowest BCUT2D eigenvalue weighted by Gasteiger charge is -2.04. The van der Waals surface area contributed by atoms with Crippen LogP contribution in [0.3, 0.4) is 0 Å². The molecule has 3 aromatic rings. The van der Waals surface area contributed by atoms with Crippen molar-refractivity contribution in [2.75, 3.05) is 5.73 Å². The number of benzene rings is 1. The second-order valence-electron chi connectivity index (χ2n) is 4.33. The smallest absolute Gasteiger partial charge is 0.248 e. The third-order valence-corrected chi connectivity index (χ3v) is 3.69. The number of rotatable bonds is 2. The van der Waals surface area contributed by atoms with Crippen molar-refractivity contribution in [2.45, 2.75) is 0 Å². The van der Waals surface area contributed by atoms with Gasteiger partial charge in [0.05, 0.1) is 21.3 Å². The number of H-pyrrole nitrogens is 1. The van der Waals surface area contributed by atoms with Crippen molar-refractivity contribution < 1.29 is 4.52 Å². The van der Waals surface area contributed by atoms with E-state index in [0.29, 0.717) is 32.6 Å². The molecular formula is C14H9Cl2N3O2. The molecule has 5 nitrogen and oxygen atoms in total. The van der Waals surface area contributed by atoms with Crippen LogP contribution in [0.25, 0.3) is 22.5 Å². The molecule has 3 rings (SSSR count). The first kappa shape index (κ1) is 13.7. The maximum Gasteiger partial charge on any atom is 0.248 e. The molecule has 3 N–H and O–H groups in total. The van der Waals surface area contributed by atoms with E-state index in [9.17, 15) is 4.79 Å². The van der Waals surface area contributed by atoms with Crippen LogP contribution in [0.15, 0.2) is 45.7 Å². The number of nitrogens with zero attached hydrogens (tertiary/aromatic N) is 1. The van der Waals surface area contributed by atoms with Crippen molar-refractivity contribution in [3.63, 3.8) is 0 Å². The van der Waals surface area contributed by atoms with Gasteiger partial charge in [-0.05, 0) is 23.8 Å². The van der Waals surface area contributed by atoms with Crippen LogP contribution < -0.4 is 11.3 Å². The van der Waals surface area contributed by atoms with E-state index in [1.807, 2.05) is 0 Å². The standard InChI is InChI=1S/C14H9Cl2N3O2/c15-8-5-4-7(6-9(8)16)12-13(19-21-14(12)17)10-2-1-3-11(20)18-10/h1-6H,17H2,(H,18,20). The number of nitrogen functional groups attached to an aromatic ring is 1. The molecule has 0 radical (unpaired) electrons. The van der Waals surface area contributed by atoms with E-state index >= 15 is 0 Å². The van der Waals surface area contributed by atoms with E-state index in [0.717, 1.165) is 0 Å². The summed E-state index contributed by atoms with van der Waals surface area (Å²) >= 11 is 11.9. The second kappa shape index (κ2) is 5.27. The molecule has 0 spiro atoms. The topological polar surface area (TPSA) is 84.9 Å². The highest BCUT2D eigenvalue weighted by Gasteiger charge is 2.18. The van der Waals surface area contributed by atoms with E-state index in [1.54, 1.807) is 30.3 Å². The Kier molecular flexibility index (Phi) is 3.45. The summed E-state index contributed by atoms with van der Waals surface area (Å²) in [6, 6.07) is 9.81. The van der Waals surface area contributed by atoms with E-state index in [-0.39, 0.29) is 11.4 Å². The summed E-state index contributed by atoms with van der Waals surface area (Å²) in [7, 11) is 0. The van der Waals surface area contributed by atoms with Gasteiger partial charge in [0.15, 0.2) is 0 Å². The van der Waals surface area contributed by atoms with Gasteiger partial charge < -0.3 is 15.2 Å². The molecule has 106 valence electrons. The summed E-state index contributed by atoms with van der Waals surface area (Å²) in [4.78, 5) is 14.1. The average molecular weight is 322 g/mol. The Hall–Kier alpha value is -2.24. The molecule has 0 atom stereocenters. The minimum atomic E-state index is -0.242. The van der Waals surface area contributed by atoms with Crippen molar-refractivity contribution in [2.24, 2.45) is 0 Å². The predicted molar refractivity (Wildman–Crippen MR) is 82.4 cm³/mol. The van der Waals surface area contributed by atoms with E-state index < -0.39 is 0 Å². The molecule has 21 heavy (non-hydrogen) atoms. The van der Waals surface area contributed by atoms with Gasteiger partial charge in [-0.15, -0.1) is 0 Å². The fourth-order valence-electron chi connectivity index (χ4n) is 2.00. The van der Waals surface area contributed by atoms with Gasteiger partial charge in [0.2, 0.25) is 11.4 Å². The largest absolute Gasteiger partial charge is 0.367 e. The van der Waals surface area contributed by atoms with Gasteiger partial charge in [0.1, 0.15) is 5.69 Å². The zero-order chi connectivity index (χ0) is 15.0. The zero-order valence-corrected chi connectivity index (χ0v) is 12.1. The van der Waals surface area contributed by atoms with Crippen molar-refractivity contribution in [1.29, 1.82) is 0 Å². The highest BCUT2D eigenvalue weighted by molar-refractivity contribution is 6.42. The molecule has 0 bridgehead atoms. The SMILES string of the molecule is Nc1onc(-c2cccc(=O)[nH]2)c1-c1ccc(Cl)c(Cl)c1. The first-order valence-corrected chi connectivity index (χ1v) is 6.72. The number of pyridine rings is 1. The third-order valence-electron chi connectivity index (χ3n) is 2.95. The monoisotopic (exact) mass is 321 g/mol. The number of aromatic amines is 1. The molecule has 0 saturated heterocycles. The number of nitrogens with two attached hydrogens (primary N) is 1. The summed E-state index contributed by atoms with van der Waals surface area (Å²) in [5.74, 6) is 0.132. The number of anilines is 1. The fraction of sp³-hybridized carbons (Fsp3) is 0. The molecule has 7 heteroatoms. The van der Waals surface area contributed by atoms with E-state index in [1.165, 1.54) is 6.07 Å². The normalized spacial score (nSPS) is 10.8. The zero-order valence-electron chi connectivity index (χ0n) is 10.6. The average Bonchev–Trinajstić information content (AvgIpc) is 2.84. The van der Waals surface area contributed by atoms with Crippen LogP contribution in [0.5, 0.6) is 0 Å². The Morgan fingerprint density at radius 2 is 1.95 bits per heavy atom. The Labute approximate surface area is 129 Å². The van der Waals surface area contributed by atoms with Crippen LogP contribution in [0.1, 0.15) is 0 Å². The van der Waals surface area contributed by atoms with Gasteiger partial charge in [-0.3, -0.25) is 4.79 Å². The molecule has 0 saturated carbocycles.